The van der Waals surface area contributed by atoms with Gasteiger partial charge in [-0.15, -0.1) is 0 Å². The van der Waals surface area contributed by atoms with E-state index in [9.17, 15) is 24.6 Å². The molecule has 0 bridgehead atoms. The van der Waals surface area contributed by atoms with Crippen LogP contribution < -0.4 is 20.6 Å². The number of anilines is 2. The summed E-state index contributed by atoms with van der Waals surface area (Å²) >= 11 is 0. The van der Waals surface area contributed by atoms with Crippen LogP contribution in [0, 0.1) is 5.53 Å². The van der Waals surface area contributed by atoms with Gasteiger partial charge in [0.2, 0.25) is 0 Å². The van der Waals surface area contributed by atoms with E-state index in [-0.39, 0.29) is 29.9 Å². The third kappa shape index (κ3) is 41.3. The Hall–Kier alpha value is -3.23. The molecule has 2 amide bonds. The number of carboxylic acids is 2. The first kappa shape index (κ1) is 57.9. The number of para-hydroxylation sites is 2. The third-order valence-electron chi connectivity index (χ3n) is 10.3. The molecule has 0 aliphatic carbocycles. The molecule has 0 fully saturated rings. The Morgan fingerprint density at radius 1 is 0.458 bits per heavy atom. The molecule has 2 N–H and O–H groups in total. The van der Waals surface area contributed by atoms with Crippen LogP contribution in [-0.2, 0) is 26.7 Å². The van der Waals surface area contributed by atoms with Crippen LogP contribution in [0.5, 0.6) is 0 Å². The molecule has 0 saturated carbocycles. The van der Waals surface area contributed by atoms with Crippen molar-refractivity contribution in [2.45, 2.75) is 219 Å². The first-order valence-corrected chi connectivity index (χ1v) is 23.3. The molecule has 0 aliphatic heterocycles. The van der Waals surface area contributed by atoms with Gasteiger partial charge in [-0.05, 0) is 49.9 Å². The molecule has 0 unspecified atom stereocenters. The van der Waals surface area contributed by atoms with E-state index in [2.05, 4.69) is 24.4 Å². The molecule has 339 valence electrons. The van der Waals surface area contributed by atoms with Crippen LogP contribution in [0.15, 0.2) is 65.8 Å². The van der Waals surface area contributed by atoms with Gasteiger partial charge in [0.05, 0.1) is 11.4 Å². The third-order valence-corrected chi connectivity index (χ3v) is 10.3. The molecule has 1 radical (unpaired) electrons. The summed E-state index contributed by atoms with van der Waals surface area (Å²) in [6.45, 7) is 4.53. The standard InChI is InChI=1S/2C18H36O2.C13H12N4O.Cu/c2*1-2-3-4-5-6-7-8-9-10-11-12-13-14-15-16-17-18(19)20;14-15-13(18)16-17(11-7-3-1-4-8-11)12-9-5-2-6-10-12;/h2*2-17H2,1H3,(H,19,20);1-10,14H,(H,16,18);/q;;;+2/p-2. The van der Waals surface area contributed by atoms with Gasteiger partial charge in [-0.25, -0.2) is 10.2 Å². The maximum absolute atomic E-state index is 11.3. The fraction of sp³-hybridized carbons (Fsp3) is 0.694. The number of aliphatic carboxylic acids is 2. The number of hydrogen-bond acceptors (Lipinski definition) is 7. The Bertz CT molecular complexity index is 1140. The van der Waals surface area contributed by atoms with Crippen molar-refractivity contribution in [3.05, 3.63) is 60.7 Å². The summed E-state index contributed by atoms with van der Waals surface area (Å²) in [4.78, 5) is 31.7. The summed E-state index contributed by atoms with van der Waals surface area (Å²) in [5.41, 5.74) is 10.8. The van der Waals surface area contributed by atoms with E-state index in [1.807, 2.05) is 60.7 Å². The van der Waals surface area contributed by atoms with Crippen LogP contribution in [0.1, 0.15) is 219 Å². The van der Waals surface area contributed by atoms with Crippen LogP contribution in [0.3, 0.4) is 0 Å². The molecule has 0 aliphatic rings. The summed E-state index contributed by atoms with van der Waals surface area (Å²) in [6.07, 6.45) is 39.7. The van der Waals surface area contributed by atoms with Gasteiger partial charge < -0.3 is 19.8 Å². The van der Waals surface area contributed by atoms with Gasteiger partial charge in [0.1, 0.15) is 0 Å². The van der Waals surface area contributed by atoms with Crippen molar-refractivity contribution < 1.29 is 41.7 Å². The summed E-state index contributed by atoms with van der Waals surface area (Å²) in [5.74, 6) is -1.81. The summed E-state index contributed by atoms with van der Waals surface area (Å²) in [6, 6.07) is 18.0. The predicted molar refractivity (Wildman–Crippen MR) is 238 cm³/mol. The van der Waals surface area contributed by atoms with E-state index in [0.717, 1.165) is 37.1 Å². The minimum absolute atomic E-state index is 0. The second-order valence-corrected chi connectivity index (χ2v) is 15.7. The molecular weight excluding hydrogens is 788 g/mol. The van der Waals surface area contributed by atoms with Crippen molar-refractivity contribution >= 4 is 29.3 Å². The van der Waals surface area contributed by atoms with E-state index in [1.165, 1.54) is 167 Å². The zero-order chi connectivity index (χ0) is 42.6. The van der Waals surface area contributed by atoms with Gasteiger partial charge in [-0.3, -0.25) is 5.01 Å². The van der Waals surface area contributed by atoms with Crippen molar-refractivity contribution in [2.75, 3.05) is 5.01 Å². The first-order valence-electron chi connectivity index (χ1n) is 23.3. The summed E-state index contributed by atoms with van der Waals surface area (Å²) < 4.78 is 0. The average molecular weight is 871 g/mol. The number of urea groups is 1. The second kappa shape index (κ2) is 45.8. The fourth-order valence-corrected chi connectivity index (χ4v) is 6.83. The maximum atomic E-state index is 11.3. The molecule has 0 saturated heterocycles. The van der Waals surface area contributed by atoms with Crippen molar-refractivity contribution in [3.8, 4) is 0 Å². The van der Waals surface area contributed by atoms with E-state index in [1.54, 1.807) is 5.01 Å². The van der Waals surface area contributed by atoms with Gasteiger partial charge in [0, 0.05) is 11.9 Å². The molecule has 2 aromatic carbocycles. The Kier molecular flexibility index (Phi) is 45.0. The van der Waals surface area contributed by atoms with Crippen molar-refractivity contribution in [3.63, 3.8) is 0 Å². The van der Waals surface area contributed by atoms with Crippen molar-refractivity contribution in [1.29, 1.82) is 5.53 Å². The van der Waals surface area contributed by atoms with Crippen LogP contribution in [0.4, 0.5) is 16.2 Å². The first-order chi connectivity index (χ1) is 28.3. The molecule has 9 nitrogen and oxygen atoms in total. The number of nitrogens with zero attached hydrogens (tertiary/aromatic N) is 2. The number of carbonyl (C=O) groups is 3. The van der Waals surface area contributed by atoms with Gasteiger partial charge in [-0.1, -0.05) is 235 Å². The molecule has 0 heterocycles. The van der Waals surface area contributed by atoms with Crippen LogP contribution in [-0.4, -0.2) is 18.0 Å². The van der Waals surface area contributed by atoms with Crippen LogP contribution >= 0.6 is 0 Å². The number of hydrogen-bond donors (Lipinski definition) is 2. The Labute approximate surface area is 370 Å². The van der Waals surface area contributed by atoms with E-state index >= 15 is 0 Å². The average Bonchev–Trinajstić information content (AvgIpc) is 3.23. The number of carboxylic acid groups (broad SMARTS) is 2. The van der Waals surface area contributed by atoms with E-state index in [0.29, 0.717) is 0 Å². The molecule has 10 heteroatoms. The van der Waals surface area contributed by atoms with Gasteiger partial charge >= 0.3 is 23.1 Å². The van der Waals surface area contributed by atoms with Crippen LogP contribution in [0.2, 0.25) is 0 Å². The molecule has 2 rings (SSSR count). The Morgan fingerprint density at radius 2 is 0.695 bits per heavy atom. The second-order valence-electron chi connectivity index (χ2n) is 15.7. The zero-order valence-electron chi connectivity index (χ0n) is 37.1. The molecule has 0 spiro atoms. The molecule has 0 aromatic heterocycles. The number of benzene rings is 2. The SMILES string of the molecule is CCCCCCCCCCCCCCCCCC(=O)[O-].CCCCCCCCCCCCCCCCCC(=O)[O-].N=NC(=O)NN(c1ccccc1)c1ccccc1.[Cu+2]. The van der Waals surface area contributed by atoms with E-state index < -0.39 is 18.0 Å². The minimum Gasteiger partial charge on any atom is -0.550 e. The number of hydrazine groups is 1. The number of carbonyl (C=O) groups excluding carboxylic acids is 3. The smallest absolute Gasteiger partial charge is 0.550 e. The largest absolute Gasteiger partial charge is 2.00 e. The Balaban J connectivity index is 0. The molecule has 59 heavy (non-hydrogen) atoms. The quantitative estimate of drug-likeness (QED) is 0.0305. The van der Waals surface area contributed by atoms with Crippen molar-refractivity contribution in [2.24, 2.45) is 5.11 Å². The topological polar surface area (TPSA) is 149 Å². The predicted octanol–water partition coefficient (Wildman–Crippen LogP) is 13.5. The fourth-order valence-electron chi connectivity index (χ4n) is 6.83. The molecular formula is C49H82CuN4O5. The van der Waals surface area contributed by atoms with Crippen LogP contribution in [0.25, 0.3) is 0 Å². The maximum Gasteiger partial charge on any atom is 2.00 e. The van der Waals surface area contributed by atoms with Gasteiger partial charge in [0.15, 0.2) is 0 Å². The van der Waals surface area contributed by atoms with Gasteiger partial charge in [0.25, 0.3) is 0 Å². The van der Waals surface area contributed by atoms with Crippen molar-refractivity contribution in [1.82, 2.24) is 5.43 Å². The zero-order valence-corrected chi connectivity index (χ0v) is 38.1. The number of amides is 2. The van der Waals surface area contributed by atoms with Gasteiger partial charge in [-0.2, -0.15) is 5.53 Å². The molecule has 2 aromatic rings. The molecule has 0 atom stereocenters. The number of rotatable bonds is 35. The summed E-state index contributed by atoms with van der Waals surface area (Å²) in [7, 11) is 0. The van der Waals surface area contributed by atoms with E-state index in [4.69, 9.17) is 5.53 Å². The Morgan fingerprint density at radius 3 is 0.915 bits per heavy atom. The normalized spacial score (nSPS) is 10.3. The number of unbranched alkanes of at least 4 members (excludes halogenated alkanes) is 28. The summed E-state index contributed by atoms with van der Waals surface area (Å²) in [5, 5.41) is 24.9. The number of nitrogens with one attached hydrogen (secondary N) is 2. The minimum atomic E-state index is -0.903. The monoisotopic (exact) mass is 870 g/mol.